The number of amides is 1. The zero-order valence-electron chi connectivity index (χ0n) is 13.1. The predicted molar refractivity (Wildman–Crippen MR) is 113 cm³/mol. The molecule has 0 atom stereocenters. The molecule has 25 heavy (non-hydrogen) atoms. The SMILES string of the molecule is O=C(Nc1cc(Br)ccc1Cc1ccc(Br)cc1)c1ccc(Br)cc1. The number of rotatable bonds is 4. The van der Waals surface area contributed by atoms with Crippen LogP contribution in [0.3, 0.4) is 0 Å². The summed E-state index contributed by atoms with van der Waals surface area (Å²) >= 11 is 10.3. The first-order valence-corrected chi connectivity index (χ1v) is 9.99. The Morgan fingerprint density at radius 3 is 1.96 bits per heavy atom. The van der Waals surface area contributed by atoms with Gasteiger partial charge < -0.3 is 5.32 Å². The van der Waals surface area contributed by atoms with E-state index < -0.39 is 0 Å². The summed E-state index contributed by atoms with van der Waals surface area (Å²) in [5.74, 6) is -0.123. The lowest BCUT2D eigenvalue weighted by atomic mass is 10.0. The third-order valence-corrected chi connectivity index (χ3v) is 5.28. The van der Waals surface area contributed by atoms with Gasteiger partial charge in [-0.15, -0.1) is 0 Å². The van der Waals surface area contributed by atoms with Crippen molar-refractivity contribution in [3.63, 3.8) is 0 Å². The third-order valence-electron chi connectivity index (χ3n) is 3.73. The fourth-order valence-electron chi connectivity index (χ4n) is 2.44. The molecule has 5 heteroatoms. The zero-order valence-corrected chi connectivity index (χ0v) is 17.9. The van der Waals surface area contributed by atoms with Crippen LogP contribution in [0, 0.1) is 0 Å². The van der Waals surface area contributed by atoms with E-state index in [2.05, 4.69) is 65.2 Å². The Morgan fingerprint density at radius 2 is 1.32 bits per heavy atom. The highest BCUT2D eigenvalue weighted by molar-refractivity contribution is 9.11. The van der Waals surface area contributed by atoms with Crippen LogP contribution in [0.4, 0.5) is 5.69 Å². The lowest BCUT2D eigenvalue weighted by Crippen LogP contribution is -2.13. The van der Waals surface area contributed by atoms with Gasteiger partial charge in [0.1, 0.15) is 0 Å². The first-order valence-electron chi connectivity index (χ1n) is 7.61. The summed E-state index contributed by atoms with van der Waals surface area (Å²) in [4.78, 5) is 12.5. The van der Waals surface area contributed by atoms with Crippen molar-refractivity contribution >= 4 is 59.4 Å². The minimum atomic E-state index is -0.123. The normalized spacial score (nSPS) is 10.5. The zero-order chi connectivity index (χ0) is 17.8. The van der Waals surface area contributed by atoms with E-state index in [4.69, 9.17) is 0 Å². The van der Waals surface area contributed by atoms with E-state index in [1.54, 1.807) is 12.1 Å². The highest BCUT2D eigenvalue weighted by Gasteiger charge is 2.10. The molecule has 0 saturated heterocycles. The van der Waals surface area contributed by atoms with E-state index in [1.165, 1.54) is 5.56 Å². The molecule has 0 aliphatic carbocycles. The molecule has 0 unspecified atom stereocenters. The molecule has 1 amide bonds. The van der Waals surface area contributed by atoms with Crippen LogP contribution in [-0.2, 0) is 6.42 Å². The van der Waals surface area contributed by atoms with Gasteiger partial charge in [0.2, 0.25) is 0 Å². The standard InChI is InChI=1S/C20H14Br3NO/c21-16-6-1-13(2-7-16)11-15-5-10-18(23)12-19(15)24-20(25)14-3-8-17(22)9-4-14/h1-10,12H,11H2,(H,24,25). The van der Waals surface area contributed by atoms with E-state index in [9.17, 15) is 4.79 Å². The molecule has 0 heterocycles. The molecule has 3 aromatic carbocycles. The third kappa shape index (κ3) is 5.03. The summed E-state index contributed by atoms with van der Waals surface area (Å²) in [6, 6.07) is 21.5. The lowest BCUT2D eigenvalue weighted by molar-refractivity contribution is 0.102. The summed E-state index contributed by atoms with van der Waals surface area (Å²) in [7, 11) is 0. The Labute approximate surface area is 172 Å². The van der Waals surface area contributed by atoms with Gasteiger partial charge in [-0.2, -0.15) is 0 Å². The van der Waals surface area contributed by atoms with Crippen LogP contribution < -0.4 is 5.32 Å². The van der Waals surface area contributed by atoms with Gasteiger partial charge in [-0.25, -0.2) is 0 Å². The number of benzene rings is 3. The summed E-state index contributed by atoms with van der Waals surface area (Å²) < 4.78 is 2.93. The molecule has 0 spiro atoms. The Balaban J connectivity index is 1.84. The largest absolute Gasteiger partial charge is 0.322 e. The monoisotopic (exact) mass is 521 g/mol. The minimum Gasteiger partial charge on any atom is -0.322 e. The predicted octanol–water partition coefficient (Wildman–Crippen LogP) is 6.82. The molecule has 126 valence electrons. The second-order valence-electron chi connectivity index (χ2n) is 5.57. The maximum atomic E-state index is 12.5. The first-order chi connectivity index (χ1) is 12.0. The molecule has 2 nitrogen and oxygen atoms in total. The highest BCUT2D eigenvalue weighted by atomic mass is 79.9. The van der Waals surface area contributed by atoms with Crippen molar-refractivity contribution < 1.29 is 4.79 Å². The molecule has 0 saturated carbocycles. The minimum absolute atomic E-state index is 0.123. The van der Waals surface area contributed by atoms with Crippen LogP contribution in [0.15, 0.2) is 80.1 Å². The van der Waals surface area contributed by atoms with Gasteiger partial charge in [-0.05, 0) is 66.1 Å². The number of halogens is 3. The second kappa shape index (κ2) is 8.30. The average Bonchev–Trinajstić information content (AvgIpc) is 2.59. The van der Waals surface area contributed by atoms with Crippen LogP contribution in [0.1, 0.15) is 21.5 Å². The Bertz CT molecular complexity index is 890. The van der Waals surface area contributed by atoms with E-state index in [0.717, 1.165) is 31.1 Å². The average molecular weight is 524 g/mol. The molecule has 0 aliphatic rings. The maximum absolute atomic E-state index is 12.5. The molecular formula is C20H14Br3NO. The van der Waals surface area contributed by atoms with Crippen LogP contribution in [-0.4, -0.2) is 5.91 Å². The van der Waals surface area contributed by atoms with E-state index in [0.29, 0.717) is 5.56 Å². The smallest absolute Gasteiger partial charge is 0.255 e. The van der Waals surface area contributed by atoms with E-state index in [1.807, 2.05) is 42.5 Å². The van der Waals surface area contributed by atoms with Crippen molar-refractivity contribution in [3.8, 4) is 0 Å². The van der Waals surface area contributed by atoms with Gasteiger partial charge in [-0.1, -0.05) is 66.0 Å². The fourth-order valence-corrected chi connectivity index (χ4v) is 3.33. The van der Waals surface area contributed by atoms with Gasteiger partial charge in [0, 0.05) is 24.7 Å². The Morgan fingerprint density at radius 1 is 0.760 bits per heavy atom. The molecule has 1 N–H and O–H groups in total. The molecule has 0 aliphatic heterocycles. The van der Waals surface area contributed by atoms with Crippen LogP contribution in [0.25, 0.3) is 0 Å². The molecule has 3 aromatic rings. The first kappa shape index (κ1) is 18.4. The number of nitrogens with one attached hydrogen (secondary N) is 1. The molecular weight excluding hydrogens is 510 g/mol. The number of carbonyl (C=O) groups is 1. The van der Waals surface area contributed by atoms with Crippen LogP contribution in [0.5, 0.6) is 0 Å². The lowest BCUT2D eigenvalue weighted by Gasteiger charge is -2.12. The Kier molecular flexibility index (Phi) is 6.10. The van der Waals surface area contributed by atoms with Crippen molar-refractivity contribution in [2.75, 3.05) is 5.32 Å². The topological polar surface area (TPSA) is 29.1 Å². The molecule has 0 radical (unpaired) electrons. The van der Waals surface area contributed by atoms with Crippen molar-refractivity contribution in [2.24, 2.45) is 0 Å². The van der Waals surface area contributed by atoms with E-state index >= 15 is 0 Å². The van der Waals surface area contributed by atoms with Gasteiger partial charge in [0.15, 0.2) is 0 Å². The molecule has 0 aromatic heterocycles. The van der Waals surface area contributed by atoms with Crippen molar-refractivity contribution in [1.29, 1.82) is 0 Å². The number of hydrogen-bond acceptors (Lipinski definition) is 1. The van der Waals surface area contributed by atoms with Crippen molar-refractivity contribution in [2.45, 2.75) is 6.42 Å². The number of carbonyl (C=O) groups excluding carboxylic acids is 1. The highest BCUT2D eigenvalue weighted by Crippen LogP contribution is 2.25. The molecule has 3 rings (SSSR count). The summed E-state index contributed by atoms with van der Waals surface area (Å²) in [6.45, 7) is 0. The molecule has 0 fully saturated rings. The van der Waals surface area contributed by atoms with Crippen molar-refractivity contribution in [3.05, 3.63) is 96.8 Å². The van der Waals surface area contributed by atoms with Gasteiger partial charge in [0.25, 0.3) is 5.91 Å². The van der Waals surface area contributed by atoms with Crippen LogP contribution in [0.2, 0.25) is 0 Å². The quantitative estimate of drug-likeness (QED) is 0.399. The number of hydrogen-bond donors (Lipinski definition) is 1. The summed E-state index contributed by atoms with van der Waals surface area (Å²) in [5.41, 5.74) is 3.68. The fraction of sp³-hybridized carbons (Fsp3) is 0.0500. The number of anilines is 1. The summed E-state index contributed by atoms with van der Waals surface area (Å²) in [6.07, 6.45) is 0.747. The molecule has 0 bridgehead atoms. The second-order valence-corrected chi connectivity index (χ2v) is 8.31. The summed E-state index contributed by atoms with van der Waals surface area (Å²) in [5, 5.41) is 3.03. The van der Waals surface area contributed by atoms with Gasteiger partial charge >= 0.3 is 0 Å². The van der Waals surface area contributed by atoms with Gasteiger partial charge in [-0.3, -0.25) is 4.79 Å². The van der Waals surface area contributed by atoms with Gasteiger partial charge in [0.05, 0.1) is 0 Å². The maximum Gasteiger partial charge on any atom is 0.255 e. The Hall–Kier alpha value is -1.43. The van der Waals surface area contributed by atoms with Crippen molar-refractivity contribution in [1.82, 2.24) is 0 Å². The van der Waals surface area contributed by atoms with Crippen LogP contribution >= 0.6 is 47.8 Å². The van der Waals surface area contributed by atoms with E-state index in [-0.39, 0.29) is 5.91 Å².